The molecule has 0 aliphatic rings. The van der Waals surface area contributed by atoms with Crippen LogP contribution in [0.4, 0.5) is 0 Å². The maximum absolute atomic E-state index is 2.52. The molecule has 0 aliphatic carbocycles. The Labute approximate surface area is 734 Å². The van der Waals surface area contributed by atoms with Crippen LogP contribution in [-0.2, 0) is 56.4 Å². The van der Waals surface area contributed by atoms with E-state index in [4.69, 9.17) is 0 Å². The monoisotopic (exact) mass is 1630 g/mol. The van der Waals surface area contributed by atoms with E-state index in [1.807, 2.05) is 6.07 Å². The van der Waals surface area contributed by atoms with Gasteiger partial charge in [-0.2, -0.15) is 18.3 Å². The quantitative estimate of drug-likeness (QED) is 0.0866. The summed E-state index contributed by atoms with van der Waals surface area (Å²) in [5.74, 6) is 6.49. The van der Waals surface area contributed by atoms with E-state index < -0.39 is 0 Å². The number of aryl methyl sites for hydroxylation is 8. The molecule has 0 radical (unpaired) electrons. The first-order valence-electron chi connectivity index (χ1n) is 43.7. The minimum Gasteiger partial charge on any atom is -0.232 e. The zero-order valence-electron chi connectivity index (χ0n) is 76.0. The van der Waals surface area contributed by atoms with E-state index in [1.165, 1.54) is 174 Å². The standard InChI is InChI=1S/C33H37N3.C29H35N3.C27H25N3.C23H23N3/c1-22(2)25-14-12-15-26(23(3)4)32(25)36-31-20-9-8-19-30(31)35(7)33(36)28-17-13-16-27(24(28)5)29-18-10-11-21-34(29)6;1-20(2)23-12-10-13-24(21(3)4)28(23)32-19-18-31(7)29(32)26-15-11-14-25(22(26)5)27-16-8-9-17-30(27)6;1-20-22(24-16-9-10-19-28(24)2)14-11-15-23(20)27-29(3)25-17-7-8-18-26(25)30(27)21-12-5-4-6-13-21;1-18-20(22-14-7-8-15-24(22)2)12-9-13-21(18)23-25(3)16-17-26(23)19-10-5-4-6-11-19/h8-23H,1-7H3;8-21H,1-7H3;4-19H,1-3H3;4-17H,1-3H3/q4*+2. The van der Waals surface area contributed by atoms with Gasteiger partial charge in [0.05, 0.1) is 50.4 Å². The topological polar surface area (TPSA) is 50.8 Å². The molecule has 0 spiro atoms. The zero-order valence-corrected chi connectivity index (χ0v) is 76.0. The first-order valence-corrected chi connectivity index (χ1v) is 43.7. The molecule has 8 heterocycles. The maximum Gasteiger partial charge on any atom is 0.295 e. The Morgan fingerprint density at radius 1 is 0.218 bits per heavy atom. The fourth-order valence-corrected chi connectivity index (χ4v) is 18.3. The normalized spacial score (nSPS) is 11.4. The average Bonchev–Trinajstić information content (AvgIpc) is 1.59. The molecule has 0 saturated heterocycles. The van der Waals surface area contributed by atoms with Gasteiger partial charge in [-0.05, 0) is 195 Å². The summed E-state index contributed by atoms with van der Waals surface area (Å²) in [6.45, 7) is 27.3. The Hall–Kier alpha value is -13.8. The minimum absolute atomic E-state index is 0.411. The van der Waals surface area contributed by atoms with Gasteiger partial charge in [-0.25, -0.2) is 36.5 Å². The third-order valence-corrected chi connectivity index (χ3v) is 24.9. The Kier molecular flexibility index (Phi) is 25.3. The molecule has 620 valence electrons. The van der Waals surface area contributed by atoms with Crippen LogP contribution < -0.4 is 36.5 Å². The van der Waals surface area contributed by atoms with E-state index in [0.29, 0.717) is 23.7 Å². The van der Waals surface area contributed by atoms with Gasteiger partial charge in [-0.3, -0.25) is 0 Å². The van der Waals surface area contributed by atoms with E-state index in [-0.39, 0.29) is 0 Å². The molecule has 10 aromatic carbocycles. The van der Waals surface area contributed by atoms with Crippen molar-refractivity contribution in [3.8, 4) is 113 Å². The smallest absolute Gasteiger partial charge is 0.232 e. The van der Waals surface area contributed by atoms with Gasteiger partial charge < -0.3 is 0 Å². The predicted octanol–water partition coefficient (Wildman–Crippen LogP) is 21.9. The molecule has 8 aromatic heterocycles. The van der Waals surface area contributed by atoms with Crippen LogP contribution in [0, 0.1) is 27.7 Å². The summed E-state index contributed by atoms with van der Waals surface area (Å²) in [4.78, 5) is 0. The highest BCUT2D eigenvalue weighted by molar-refractivity contribution is 5.85. The Bertz CT molecular complexity index is 6850. The highest BCUT2D eigenvalue weighted by Crippen LogP contribution is 2.42. The summed E-state index contributed by atoms with van der Waals surface area (Å²) < 4.78 is 27.4. The first kappa shape index (κ1) is 85.2. The summed E-state index contributed by atoms with van der Waals surface area (Å²) >= 11 is 0. The summed E-state index contributed by atoms with van der Waals surface area (Å²) in [7, 11) is 17.0. The van der Waals surface area contributed by atoms with Crippen LogP contribution in [0.25, 0.3) is 135 Å². The number of pyridine rings is 4. The van der Waals surface area contributed by atoms with Gasteiger partial charge in [0, 0.05) is 93.0 Å². The second-order valence-electron chi connectivity index (χ2n) is 34.2. The molecule has 12 nitrogen and oxygen atoms in total. The van der Waals surface area contributed by atoms with Crippen LogP contribution >= 0.6 is 0 Å². The fraction of sp³-hybridized carbons (Fsp3) is 0.214. The molecular weight excluding hydrogens is 1510 g/mol. The third-order valence-electron chi connectivity index (χ3n) is 24.9. The molecule has 0 saturated carbocycles. The molecule has 0 N–H and O–H groups in total. The molecule has 18 aromatic rings. The van der Waals surface area contributed by atoms with Crippen molar-refractivity contribution in [2.75, 3.05) is 0 Å². The van der Waals surface area contributed by atoms with Crippen molar-refractivity contribution in [3.63, 3.8) is 0 Å². The molecule has 0 aliphatic heterocycles. The van der Waals surface area contributed by atoms with Crippen LogP contribution in [0.5, 0.6) is 0 Å². The predicted molar refractivity (Wildman–Crippen MR) is 506 cm³/mol. The summed E-state index contributed by atoms with van der Waals surface area (Å²) in [6.07, 6.45) is 17.0. The van der Waals surface area contributed by atoms with Crippen molar-refractivity contribution in [3.05, 3.63) is 385 Å². The van der Waals surface area contributed by atoms with Gasteiger partial charge in [0.15, 0.2) is 46.9 Å². The van der Waals surface area contributed by atoms with Gasteiger partial charge in [-0.15, -0.1) is 0 Å². The van der Waals surface area contributed by atoms with Gasteiger partial charge in [0.2, 0.25) is 22.8 Å². The summed E-state index contributed by atoms with van der Waals surface area (Å²) in [6, 6.07) is 104. The second-order valence-corrected chi connectivity index (χ2v) is 34.2. The maximum atomic E-state index is 2.52. The molecule has 0 unspecified atom stereocenters. The van der Waals surface area contributed by atoms with E-state index in [0.717, 1.165) is 5.69 Å². The van der Waals surface area contributed by atoms with E-state index in [1.54, 1.807) is 0 Å². The molecule has 18 rings (SSSR count). The van der Waals surface area contributed by atoms with Crippen molar-refractivity contribution < 1.29 is 36.5 Å². The van der Waals surface area contributed by atoms with Gasteiger partial charge in [0.25, 0.3) is 23.3 Å². The van der Waals surface area contributed by atoms with Crippen molar-refractivity contribution in [2.24, 2.45) is 56.4 Å². The SMILES string of the molecule is Cc1c(-c2cccc[n+]2C)cccc1-c1n(-c2c(C(C)C)cccc2C(C)C)c2ccccc2[n+]1C.Cc1c(-c2cccc[n+]2C)cccc1-c1n(-c2c(C(C)C)cccc2C(C)C)cc[n+]1C.Cc1c(-c2cccc[n+]2C)cccc1-c1n(-c2ccccc2)c2ccccc2[n+]1C.Cc1c(-c2cccc[n+]2C)cccc1-c1n(-c2ccccc2)cc[n+]1C. The first-order chi connectivity index (χ1) is 59.9. The van der Waals surface area contributed by atoms with Crippen LogP contribution in [0.2, 0.25) is 0 Å². The number of hydrogen-bond acceptors (Lipinski definition) is 0. The molecule has 0 amide bonds. The lowest BCUT2D eigenvalue weighted by atomic mass is 9.92. The molecule has 0 atom stereocenters. The number of hydrogen-bond donors (Lipinski definition) is 0. The second kappa shape index (κ2) is 36.8. The molecule has 0 bridgehead atoms. The highest BCUT2D eigenvalue weighted by atomic mass is 15.2. The number of imidazole rings is 4. The van der Waals surface area contributed by atoms with Crippen molar-refractivity contribution >= 4 is 22.1 Å². The molecule has 12 heteroatoms. The number of para-hydroxylation sites is 8. The number of benzene rings is 10. The van der Waals surface area contributed by atoms with Crippen molar-refractivity contribution in [2.45, 2.75) is 107 Å². The Morgan fingerprint density at radius 2 is 0.492 bits per heavy atom. The number of aromatic nitrogens is 12. The number of rotatable bonds is 16. The molecule has 124 heavy (non-hydrogen) atoms. The van der Waals surface area contributed by atoms with Crippen molar-refractivity contribution in [1.29, 1.82) is 0 Å². The minimum atomic E-state index is 0.411. The molecule has 0 fully saturated rings. The highest BCUT2D eigenvalue weighted by Gasteiger charge is 2.35. The van der Waals surface area contributed by atoms with Crippen LogP contribution in [0.1, 0.15) is 124 Å². The van der Waals surface area contributed by atoms with Crippen molar-refractivity contribution in [1.82, 2.24) is 18.3 Å². The van der Waals surface area contributed by atoms with Crippen LogP contribution in [0.3, 0.4) is 0 Å². The lowest BCUT2D eigenvalue weighted by Gasteiger charge is -2.18. The summed E-state index contributed by atoms with van der Waals surface area (Å²) in [5.41, 5.74) is 35.4. The lowest BCUT2D eigenvalue weighted by molar-refractivity contribution is -0.660. The van der Waals surface area contributed by atoms with Gasteiger partial charge in [-0.1, -0.05) is 177 Å². The fourth-order valence-electron chi connectivity index (χ4n) is 18.3. The van der Waals surface area contributed by atoms with Gasteiger partial charge >= 0.3 is 0 Å². The average molecular weight is 1630 g/mol. The largest absolute Gasteiger partial charge is 0.295 e. The Morgan fingerprint density at radius 3 is 0.847 bits per heavy atom. The third kappa shape index (κ3) is 16.5. The van der Waals surface area contributed by atoms with E-state index >= 15 is 0 Å². The summed E-state index contributed by atoms with van der Waals surface area (Å²) in [5, 5.41) is 0. The van der Waals surface area contributed by atoms with E-state index in [2.05, 4.69) is 529 Å². The van der Waals surface area contributed by atoms with Crippen LogP contribution in [-0.4, -0.2) is 18.3 Å². The number of nitrogens with zero attached hydrogens (tertiary/aromatic N) is 12. The Balaban J connectivity index is 0.000000129. The van der Waals surface area contributed by atoms with E-state index in [9.17, 15) is 0 Å². The lowest BCUT2D eigenvalue weighted by Crippen LogP contribution is -2.31. The number of fused-ring (bicyclic) bond motifs is 2. The zero-order chi connectivity index (χ0) is 87.3. The van der Waals surface area contributed by atoms with Crippen LogP contribution in [0.15, 0.2) is 341 Å². The van der Waals surface area contributed by atoms with Gasteiger partial charge in [0.1, 0.15) is 75.7 Å². The molecular formula is C112H120N12+8.